The van der Waals surface area contributed by atoms with Crippen LogP contribution in [0.25, 0.3) is 0 Å². The lowest BCUT2D eigenvalue weighted by Crippen LogP contribution is -2.14. The van der Waals surface area contributed by atoms with Crippen molar-refractivity contribution in [3.63, 3.8) is 0 Å². The molecular weight excluding hydrogens is 257 g/mol. The van der Waals surface area contributed by atoms with E-state index in [9.17, 15) is 22.0 Å². The second-order valence-electron chi connectivity index (χ2n) is 3.17. The minimum Gasteiger partial charge on any atom is -0.245 e. The van der Waals surface area contributed by atoms with Gasteiger partial charge in [0.15, 0.2) is 5.69 Å². The van der Waals surface area contributed by atoms with E-state index in [1.807, 2.05) is 0 Å². The Morgan fingerprint density at radius 3 is 2.28 bits per heavy atom. The second-order valence-corrected chi connectivity index (χ2v) is 3.17. The molecule has 0 bridgehead atoms. The summed E-state index contributed by atoms with van der Waals surface area (Å²) < 4.78 is 62.6. The molecule has 0 unspecified atom stereocenters. The number of halogens is 5. The summed E-state index contributed by atoms with van der Waals surface area (Å²) in [5.74, 6) is 0. The minimum atomic E-state index is -4.93. The molecule has 0 aliphatic heterocycles. The number of pyridine rings is 1. The van der Waals surface area contributed by atoms with Crippen molar-refractivity contribution in [1.82, 2.24) is 4.98 Å². The molecule has 0 aliphatic carbocycles. The lowest BCUT2D eigenvalue weighted by molar-refractivity contribution is -0.141. The van der Waals surface area contributed by atoms with Crippen LogP contribution in [0.5, 0.6) is 0 Å². The van der Waals surface area contributed by atoms with Crippen molar-refractivity contribution in [1.29, 1.82) is 10.5 Å². The molecule has 0 atom stereocenters. The number of rotatable bonds is 2. The monoisotopic (exact) mass is 261 g/mol. The first-order valence-electron chi connectivity index (χ1n) is 4.47. The summed E-state index contributed by atoms with van der Waals surface area (Å²) in [6, 6.07) is 3.04. The third-order valence-corrected chi connectivity index (χ3v) is 2.01. The number of nitrogens with zero attached hydrogens (tertiary/aromatic N) is 3. The molecule has 94 valence electrons. The Kier molecular flexibility index (Phi) is 3.82. The van der Waals surface area contributed by atoms with Crippen LogP contribution in [0.15, 0.2) is 6.07 Å². The Morgan fingerprint density at radius 2 is 1.89 bits per heavy atom. The maximum Gasteiger partial charge on any atom is 0.434 e. The average Bonchev–Trinajstić information content (AvgIpc) is 2.27. The van der Waals surface area contributed by atoms with Crippen molar-refractivity contribution in [2.45, 2.75) is 19.0 Å². The summed E-state index contributed by atoms with van der Waals surface area (Å²) in [7, 11) is 0. The number of aromatic nitrogens is 1. The Balaban J connectivity index is 3.54. The minimum absolute atomic E-state index is 0.424. The Morgan fingerprint density at radius 1 is 1.28 bits per heavy atom. The Bertz CT molecular complexity index is 536. The number of alkyl halides is 5. The van der Waals surface area contributed by atoms with Gasteiger partial charge in [0.1, 0.15) is 6.07 Å². The quantitative estimate of drug-likeness (QED) is 0.769. The fourth-order valence-electron chi connectivity index (χ4n) is 1.27. The summed E-state index contributed by atoms with van der Waals surface area (Å²) in [5.41, 5.74) is -4.04. The first-order valence-corrected chi connectivity index (χ1v) is 4.47. The molecule has 0 fully saturated rings. The molecule has 3 nitrogen and oxygen atoms in total. The zero-order valence-corrected chi connectivity index (χ0v) is 8.59. The Labute approximate surface area is 98.1 Å². The van der Waals surface area contributed by atoms with Gasteiger partial charge in [-0.25, -0.2) is 13.8 Å². The summed E-state index contributed by atoms with van der Waals surface area (Å²) >= 11 is 0. The molecule has 1 rings (SSSR count). The molecule has 0 aromatic carbocycles. The van der Waals surface area contributed by atoms with Crippen LogP contribution in [0.3, 0.4) is 0 Å². The van der Waals surface area contributed by atoms with Crippen LogP contribution in [0, 0.1) is 22.7 Å². The maximum absolute atomic E-state index is 12.6. The largest absolute Gasteiger partial charge is 0.434 e. The molecule has 0 aliphatic rings. The zero-order chi connectivity index (χ0) is 13.9. The number of hydrogen-bond acceptors (Lipinski definition) is 3. The van der Waals surface area contributed by atoms with Crippen LogP contribution in [-0.2, 0) is 12.6 Å². The molecule has 18 heavy (non-hydrogen) atoms. The van der Waals surface area contributed by atoms with Crippen molar-refractivity contribution in [2.24, 2.45) is 0 Å². The van der Waals surface area contributed by atoms with Crippen molar-refractivity contribution in [3.05, 3.63) is 28.6 Å². The second kappa shape index (κ2) is 4.96. The summed E-state index contributed by atoms with van der Waals surface area (Å²) in [4.78, 5) is 2.98. The maximum atomic E-state index is 12.6. The van der Waals surface area contributed by atoms with Gasteiger partial charge >= 0.3 is 6.18 Å². The van der Waals surface area contributed by atoms with E-state index in [1.54, 1.807) is 0 Å². The first kappa shape index (κ1) is 13.8. The van der Waals surface area contributed by atoms with E-state index in [-0.39, 0.29) is 0 Å². The van der Waals surface area contributed by atoms with E-state index in [0.29, 0.717) is 6.07 Å². The van der Waals surface area contributed by atoms with Crippen LogP contribution >= 0.6 is 0 Å². The Hall–Kier alpha value is -2.22. The molecular formula is C10H4F5N3. The fourth-order valence-corrected chi connectivity index (χ4v) is 1.27. The normalized spacial score (nSPS) is 11.1. The molecule has 0 radical (unpaired) electrons. The molecule has 1 aromatic heterocycles. The van der Waals surface area contributed by atoms with Gasteiger partial charge in [0.25, 0.3) is 6.43 Å². The van der Waals surface area contributed by atoms with Crippen molar-refractivity contribution in [3.8, 4) is 12.1 Å². The summed E-state index contributed by atoms with van der Waals surface area (Å²) in [6.07, 6.45) is -8.72. The third kappa shape index (κ3) is 2.72. The van der Waals surface area contributed by atoms with Gasteiger partial charge in [-0.05, 0) is 6.07 Å². The van der Waals surface area contributed by atoms with Gasteiger partial charge in [-0.15, -0.1) is 0 Å². The van der Waals surface area contributed by atoms with Gasteiger partial charge < -0.3 is 0 Å². The SMILES string of the molecule is N#CCc1nc(C(F)(F)F)c(C#N)cc1C(F)F. The van der Waals surface area contributed by atoms with Gasteiger partial charge in [0.05, 0.1) is 23.7 Å². The molecule has 1 heterocycles. The predicted molar refractivity (Wildman–Crippen MR) is 48.2 cm³/mol. The lowest BCUT2D eigenvalue weighted by atomic mass is 10.1. The molecule has 8 heteroatoms. The van der Waals surface area contributed by atoms with Gasteiger partial charge in [0, 0.05) is 5.56 Å². The molecule has 0 amide bonds. The summed E-state index contributed by atoms with van der Waals surface area (Å²) in [5, 5.41) is 16.9. The molecule has 0 saturated carbocycles. The highest BCUT2D eigenvalue weighted by atomic mass is 19.4. The van der Waals surface area contributed by atoms with Gasteiger partial charge in [-0.2, -0.15) is 23.7 Å². The smallest absolute Gasteiger partial charge is 0.245 e. The standard InChI is InChI=1S/C10H4F5N3/c11-9(12)6-3-5(4-17)8(10(13,14)15)18-7(6)1-2-16/h3,9H,1H2. The van der Waals surface area contributed by atoms with Crippen molar-refractivity contribution < 1.29 is 22.0 Å². The van der Waals surface area contributed by atoms with Gasteiger partial charge in [-0.3, -0.25) is 0 Å². The van der Waals surface area contributed by atoms with E-state index in [1.165, 1.54) is 12.1 Å². The fraction of sp³-hybridized carbons (Fsp3) is 0.300. The molecule has 0 saturated heterocycles. The lowest BCUT2D eigenvalue weighted by Gasteiger charge is -2.12. The highest BCUT2D eigenvalue weighted by Crippen LogP contribution is 2.33. The van der Waals surface area contributed by atoms with Crippen LogP contribution in [-0.4, -0.2) is 4.98 Å². The zero-order valence-electron chi connectivity index (χ0n) is 8.59. The van der Waals surface area contributed by atoms with Crippen LogP contribution in [0.4, 0.5) is 22.0 Å². The van der Waals surface area contributed by atoms with Crippen LogP contribution < -0.4 is 0 Å². The number of hydrogen-bond donors (Lipinski definition) is 0. The van der Waals surface area contributed by atoms with Gasteiger partial charge in [0.2, 0.25) is 0 Å². The third-order valence-electron chi connectivity index (χ3n) is 2.01. The topological polar surface area (TPSA) is 60.5 Å². The molecule has 0 N–H and O–H groups in total. The molecule has 1 aromatic rings. The predicted octanol–water partition coefficient (Wildman–Crippen LogP) is 2.98. The van der Waals surface area contributed by atoms with E-state index in [4.69, 9.17) is 10.5 Å². The van der Waals surface area contributed by atoms with E-state index in [0.717, 1.165) is 0 Å². The van der Waals surface area contributed by atoms with Crippen molar-refractivity contribution >= 4 is 0 Å². The van der Waals surface area contributed by atoms with Crippen LogP contribution in [0.2, 0.25) is 0 Å². The first-order chi connectivity index (χ1) is 8.31. The number of nitriles is 2. The van der Waals surface area contributed by atoms with E-state index in [2.05, 4.69) is 4.98 Å². The van der Waals surface area contributed by atoms with Crippen LogP contribution in [0.1, 0.15) is 28.9 Å². The highest BCUT2D eigenvalue weighted by molar-refractivity contribution is 5.41. The summed E-state index contributed by atoms with van der Waals surface area (Å²) in [6.45, 7) is 0. The van der Waals surface area contributed by atoms with E-state index >= 15 is 0 Å². The van der Waals surface area contributed by atoms with E-state index < -0.39 is 41.5 Å². The van der Waals surface area contributed by atoms with Gasteiger partial charge in [-0.1, -0.05) is 0 Å². The highest BCUT2D eigenvalue weighted by Gasteiger charge is 2.37. The molecule has 0 spiro atoms. The van der Waals surface area contributed by atoms with Crippen molar-refractivity contribution in [2.75, 3.05) is 0 Å². The average molecular weight is 261 g/mol.